The molecule has 32 heavy (non-hydrogen) atoms. The second-order valence-electron chi connectivity index (χ2n) is 7.46. The van der Waals surface area contributed by atoms with Crippen molar-refractivity contribution in [2.75, 3.05) is 38.0 Å². The van der Waals surface area contributed by atoms with Crippen molar-refractivity contribution in [3.63, 3.8) is 0 Å². The number of aromatic nitrogens is 1. The Kier molecular flexibility index (Phi) is 7.18. The summed E-state index contributed by atoms with van der Waals surface area (Å²) >= 11 is 0. The van der Waals surface area contributed by atoms with Crippen molar-refractivity contribution < 1.29 is 19.0 Å². The van der Waals surface area contributed by atoms with E-state index < -0.39 is 11.7 Å². The van der Waals surface area contributed by atoms with Crippen molar-refractivity contribution in [1.82, 2.24) is 9.80 Å². The zero-order valence-electron chi connectivity index (χ0n) is 18.1. The number of rotatable bonds is 5. The van der Waals surface area contributed by atoms with E-state index in [0.29, 0.717) is 30.0 Å². The molecule has 0 spiro atoms. The van der Waals surface area contributed by atoms with E-state index >= 15 is 0 Å². The Balaban J connectivity index is 1.70. The molecule has 1 aliphatic rings. The Morgan fingerprint density at radius 3 is 2.53 bits per heavy atom. The van der Waals surface area contributed by atoms with E-state index in [1.807, 2.05) is 4.90 Å². The van der Waals surface area contributed by atoms with Crippen LogP contribution < -0.4 is 16.0 Å². The largest absolute Gasteiger partial charge is 0.404 e. The van der Waals surface area contributed by atoms with Crippen LogP contribution in [0.1, 0.15) is 34.0 Å². The standard InChI is InChI=1S/C23H25FN6O2/c1-3-29-8-10-30(11-9-29)23(32)17-5-7-20(27-14-17)28-22(31)19(13-26)18-6-4-16(12-25)21(24)15(18)2/h4-7,13-14H,3,8-11,26H2,1-2H3,(H,27,28,31)/p+1. The molecule has 0 saturated carbocycles. The molecule has 166 valence electrons. The number of nitrogens with zero attached hydrogens (tertiary/aromatic N) is 3. The summed E-state index contributed by atoms with van der Waals surface area (Å²) in [6, 6.07) is 7.79. The SMILES string of the molecule is CCN1CCN(C(=O)c2ccc(NC(=O)C(=CN)c3ccc(C#N)c(F)c3C)[nH+]c2)CC1. The molecule has 0 bridgehead atoms. The number of hydrogen-bond donors (Lipinski definition) is 2. The minimum absolute atomic E-state index is 0.0632. The Labute approximate surface area is 186 Å². The summed E-state index contributed by atoms with van der Waals surface area (Å²) in [7, 11) is 0. The molecule has 0 radical (unpaired) electrons. The quantitative estimate of drug-likeness (QED) is 0.688. The molecule has 4 N–H and O–H groups in total. The maximum Gasteiger partial charge on any atom is 0.341 e. The number of anilines is 1. The van der Waals surface area contributed by atoms with Crippen LogP contribution in [0.2, 0.25) is 0 Å². The van der Waals surface area contributed by atoms with E-state index in [4.69, 9.17) is 11.0 Å². The van der Waals surface area contributed by atoms with Crippen LogP contribution >= 0.6 is 0 Å². The number of H-pyrrole nitrogens is 1. The molecule has 1 aromatic carbocycles. The number of nitrogens with one attached hydrogen (secondary N) is 2. The number of benzene rings is 1. The van der Waals surface area contributed by atoms with Crippen LogP contribution in [0.3, 0.4) is 0 Å². The van der Waals surface area contributed by atoms with Crippen LogP contribution in [-0.4, -0.2) is 54.3 Å². The Morgan fingerprint density at radius 1 is 1.25 bits per heavy atom. The number of piperazine rings is 1. The molecule has 1 aliphatic heterocycles. The Bertz CT molecular complexity index is 1080. The van der Waals surface area contributed by atoms with Crippen LogP contribution in [0.25, 0.3) is 5.57 Å². The van der Waals surface area contributed by atoms with E-state index in [9.17, 15) is 14.0 Å². The highest BCUT2D eigenvalue weighted by atomic mass is 19.1. The fourth-order valence-corrected chi connectivity index (χ4v) is 3.63. The molecule has 1 saturated heterocycles. The van der Waals surface area contributed by atoms with Crippen molar-refractivity contribution in [3.8, 4) is 6.07 Å². The topological polar surface area (TPSA) is 117 Å². The fraction of sp³-hybridized carbons (Fsp3) is 0.304. The number of amides is 2. The third-order valence-electron chi connectivity index (χ3n) is 5.62. The van der Waals surface area contributed by atoms with Gasteiger partial charge in [-0.1, -0.05) is 13.0 Å². The molecule has 9 heteroatoms. The number of nitriles is 1. The highest BCUT2D eigenvalue weighted by Crippen LogP contribution is 2.24. The predicted molar refractivity (Wildman–Crippen MR) is 118 cm³/mol. The predicted octanol–water partition coefficient (Wildman–Crippen LogP) is 1.54. The van der Waals surface area contributed by atoms with Gasteiger partial charge in [-0.3, -0.25) is 4.79 Å². The van der Waals surface area contributed by atoms with Crippen LogP contribution in [-0.2, 0) is 4.79 Å². The minimum atomic E-state index is -0.689. The van der Waals surface area contributed by atoms with Crippen molar-refractivity contribution in [2.24, 2.45) is 5.73 Å². The third-order valence-corrected chi connectivity index (χ3v) is 5.62. The smallest absolute Gasteiger partial charge is 0.341 e. The van der Waals surface area contributed by atoms with Crippen molar-refractivity contribution in [2.45, 2.75) is 13.8 Å². The first-order chi connectivity index (χ1) is 15.4. The molecule has 2 heterocycles. The number of nitrogens with two attached hydrogens (primary N) is 1. The average molecular weight is 437 g/mol. The first-order valence-corrected chi connectivity index (χ1v) is 10.4. The summed E-state index contributed by atoms with van der Waals surface area (Å²) in [5, 5.41) is 11.6. The highest BCUT2D eigenvalue weighted by molar-refractivity contribution is 6.25. The lowest BCUT2D eigenvalue weighted by atomic mass is 9.98. The lowest BCUT2D eigenvalue weighted by Gasteiger charge is -2.33. The molecule has 0 aliphatic carbocycles. The van der Waals surface area contributed by atoms with Crippen LogP contribution in [0, 0.1) is 24.1 Å². The molecule has 2 aromatic rings. The lowest BCUT2D eigenvalue weighted by Crippen LogP contribution is -2.48. The Morgan fingerprint density at radius 2 is 1.97 bits per heavy atom. The van der Waals surface area contributed by atoms with E-state index in [2.05, 4.69) is 22.1 Å². The number of carbonyl (C=O) groups is 2. The van der Waals surface area contributed by atoms with E-state index in [0.717, 1.165) is 25.8 Å². The fourth-order valence-electron chi connectivity index (χ4n) is 3.63. The third kappa shape index (κ3) is 4.76. The van der Waals surface area contributed by atoms with Gasteiger partial charge in [0.2, 0.25) is 0 Å². The molecule has 8 nitrogen and oxygen atoms in total. The number of carbonyl (C=O) groups excluding carboxylic acids is 2. The summed E-state index contributed by atoms with van der Waals surface area (Å²) in [5.74, 6) is -0.952. The second kappa shape index (κ2) is 10.0. The van der Waals surface area contributed by atoms with Gasteiger partial charge in [0.15, 0.2) is 0 Å². The lowest BCUT2D eigenvalue weighted by molar-refractivity contribution is -0.360. The summed E-state index contributed by atoms with van der Waals surface area (Å²) < 4.78 is 14.3. The molecule has 1 aromatic heterocycles. The number of likely N-dealkylation sites (N-methyl/N-ethyl adjacent to an activating group) is 1. The van der Waals surface area contributed by atoms with Crippen molar-refractivity contribution >= 4 is 23.2 Å². The van der Waals surface area contributed by atoms with Crippen molar-refractivity contribution in [1.29, 1.82) is 5.26 Å². The molecule has 3 rings (SSSR count). The number of pyridine rings is 1. The van der Waals surface area contributed by atoms with Gasteiger partial charge in [-0.2, -0.15) is 5.26 Å². The highest BCUT2D eigenvalue weighted by Gasteiger charge is 2.24. The van der Waals surface area contributed by atoms with Gasteiger partial charge in [-0.25, -0.2) is 19.5 Å². The van der Waals surface area contributed by atoms with Gasteiger partial charge in [-0.05, 0) is 36.7 Å². The molecule has 2 amide bonds. The molecular formula is C23H26FN6O2+. The summed E-state index contributed by atoms with van der Waals surface area (Å²) in [5.41, 5.74) is 6.54. The van der Waals surface area contributed by atoms with Crippen LogP contribution in [0.5, 0.6) is 0 Å². The maximum atomic E-state index is 14.3. The van der Waals surface area contributed by atoms with Crippen LogP contribution in [0.15, 0.2) is 36.7 Å². The normalized spacial score (nSPS) is 14.7. The zero-order valence-corrected chi connectivity index (χ0v) is 18.1. The van der Waals surface area contributed by atoms with E-state index in [-0.39, 0.29) is 22.6 Å². The maximum absolute atomic E-state index is 14.3. The second-order valence-corrected chi connectivity index (χ2v) is 7.46. The number of hydrogen-bond acceptors (Lipinski definition) is 5. The number of halogens is 1. The van der Waals surface area contributed by atoms with E-state index in [1.54, 1.807) is 24.4 Å². The Hall–Kier alpha value is -3.77. The monoisotopic (exact) mass is 437 g/mol. The van der Waals surface area contributed by atoms with Gasteiger partial charge in [-0.15, -0.1) is 0 Å². The first kappa shape index (κ1) is 22.9. The van der Waals surface area contributed by atoms with Gasteiger partial charge >= 0.3 is 5.91 Å². The van der Waals surface area contributed by atoms with E-state index in [1.165, 1.54) is 19.1 Å². The van der Waals surface area contributed by atoms with Crippen molar-refractivity contribution in [3.05, 3.63) is 64.7 Å². The summed E-state index contributed by atoms with van der Waals surface area (Å²) in [4.78, 5) is 32.5. The minimum Gasteiger partial charge on any atom is -0.404 e. The van der Waals surface area contributed by atoms with Gasteiger partial charge in [0.05, 0.1) is 16.7 Å². The summed E-state index contributed by atoms with van der Waals surface area (Å²) in [6.45, 7) is 7.61. The van der Waals surface area contributed by atoms with Gasteiger partial charge < -0.3 is 15.5 Å². The van der Waals surface area contributed by atoms with Gasteiger partial charge in [0, 0.05) is 38.4 Å². The molecular weight excluding hydrogens is 411 g/mol. The molecule has 0 atom stereocenters. The zero-order chi connectivity index (χ0) is 23.3. The van der Waals surface area contributed by atoms with Gasteiger partial charge in [0.25, 0.3) is 11.7 Å². The molecule has 0 unspecified atom stereocenters. The first-order valence-electron chi connectivity index (χ1n) is 10.4. The number of aromatic amines is 1. The van der Waals surface area contributed by atoms with Crippen LogP contribution in [0.4, 0.5) is 10.2 Å². The molecule has 1 fully saturated rings. The average Bonchev–Trinajstić information content (AvgIpc) is 2.82. The summed E-state index contributed by atoms with van der Waals surface area (Å²) in [6.07, 6.45) is 2.64. The van der Waals surface area contributed by atoms with Gasteiger partial charge in [0.1, 0.15) is 18.1 Å².